The Labute approximate surface area is 153 Å². The molecule has 4 aromatic rings. The average molecular weight is 364 g/mol. The molecule has 1 amide bonds. The highest BCUT2D eigenvalue weighted by molar-refractivity contribution is 7.08. The molecule has 0 aliphatic rings. The van der Waals surface area contributed by atoms with Crippen molar-refractivity contribution in [1.29, 1.82) is 0 Å². The zero-order chi connectivity index (χ0) is 17.9. The van der Waals surface area contributed by atoms with Crippen molar-refractivity contribution < 1.29 is 4.79 Å². The van der Waals surface area contributed by atoms with E-state index in [1.807, 2.05) is 47.1 Å². The fourth-order valence-corrected chi connectivity index (χ4v) is 3.27. The molecule has 0 spiro atoms. The molecule has 0 unspecified atom stereocenters. The zero-order valence-electron chi connectivity index (χ0n) is 14.1. The van der Waals surface area contributed by atoms with Gasteiger partial charge in [0, 0.05) is 29.8 Å². The van der Waals surface area contributed by atoms with E-state index in [0.717, 1.165) is 47.0 Å². The van der Waals surface area contributed by atoms with Gasteiger partial charge < -0.3 is 5.32 Å². The molecule has 0 aliphatic carbocycles. The van der Waals surface area contributed by atoms with Crippen LogP contribution in [-0.2, 0) is 6.42 Å². The van der Waals surface area contributed by atoms with Crippen LogP contribution in [0, 0.1) is 0 Å². The van der Waals surface area contributed by atoms with Crippen molar-refractivity contribution in [2.75, 3.05) is 5.32 Å². The van der Waals surface area contributed by atoms with Gasteiger partial charge in [-0.15, -0.1) is 5.10 Å². The number of aryl methyl sites for hydroxylation is 1. The molecule has 4 rings (SSSR count). The molecule has 0 radical (unpaired) electrons. The molecule has 0 saturated carbocycles. The standard InChI is InChI=1S/C18H16N6OS/c1-2-4-14-16(26-23-22-14)17(25)20-13-7-5-12(6-8-13)15-11-24-10-3-9-19-18(24)21-15/h3,5-11H,2,4H2,1H3,(H,20,25). The number of benzene rings is 1. The minimum atomic E-state index is -0.173. The van der Waals surface area contributed by atoms with Gasteiger partial charge >= 0.3 is 0 Å². The Morgan fingerprint density at radius 2 is 2.12 bits per heavy atom. The Bertz CT molecular complexity index is 1020. The maximum Gasteiger partial charge on any atom is 0.269 e. The van der Waals surface area contributed by atoms with Gasteiger partial charge in [-0.25, -0.2) is 9.97 Å². The molecule has 0 aliphatic heterocycles. The Morgan fingerprint density at radius 1 is 1.27 bits per heavy atom. The summed E-state index contributed by atoms with van der Waals surface area (Å²) < 4.78 is 5.76. The van der Waals surface area contributed by atoms with Crippen molar-refractivity contribution >= 4 is 28.9 Å². The van der Waals surface area contributed by atoms with E-state index in [1.165, 1.54) is 0 Å². The first kappa shape index (κ1) is 16.3. The molecule has 0 bridgehead atoms. The summed E-state index contributed by atoms with van der Waals surface area (Å²) in [5, 5.41) is 6.94. The smallest absolute Gasteiger partial charge is 0.269 e. The van der Waals surface area contributed by atoms with E-state index in [2.05, 4.69) is 31.8 Å². The normalized spacial score (nSPS) is 11.0. The number of aromatic nitrogens is 5. The Balaban J connectivity index is 1.52. The third-order valence-corrected chi connectivity index (χ3v) is 4.69. The number of imidazole rings is 1. The number of carbonyl (C=O) groups is 1. The van der Waals surface area contributed by atoms with Crippen molar-refractivity contribution in [3.8, 4) is 11.3 Å². The van der Waals surface area contributed by atoms with E-state index in [-0.39, 0.29) is 5.91 Å². The van der Waals surface area contributed by atoms with Gasteiger partial charge in [-0.3, -0.25) is 9.20 Å². The van der Waals surface area contributed by atoms with Crippen LogP contribution in [0.5, 0.6) is 0 Å². The first-order valence-electron chi connectivity index (χ1n) is 8.27. The van der Waals surface area contributed by atoms with Gasteiger partial charge in [0.25, 0.3) is 5.91 Å². The lowest BCUT2D eigenvalue weighted by Crippen LogP contribution is -2.12. The van der Waals surface area contributed by atoms with Gasteiger partial charge in [0.1, 0.15) is 4.88 Å². The molecule has 1 aromatic carbocycles. The lowest BCUT2D eigenvalue weighted by atomic mass is 10.1. The second kappa shape index (κ2) is 7.01. The largest absolute Gasteiger partial charge is 0.321 e. The molecule has 0 saturated heterocycles. The van der Waals surface area contributed by atoms with E-state index in [4.69, 9.17) is 0 Å². The summed E-state index contributed by atoms with van der Waals surface area (Å²) in [6.07, 6.45) is 7.22. The second-order valence-corrected chi connectivity index (χ2v) is 6.54. The van der Waals surface area contributed by atoms with E-state index >= 15 is 0 Å². The monoisotopic (exact) mass is 364 g/mol. The summed E-state index contributed by atoms with van der Waals surface area (Å²) in [5.41, 5.74) is 3.26. The molecule has 0 fully saturated rings. The Kier molecular flexibility index (Phi) is 4.40. The van der Waals surface area contributed by atoms with Gasteiger partial charge in [-0.05, 0) is 36.2 Å². The zero-order valence-corrected chi connectivity index (χ0v) is 14.9. The highest BCUT2D eigenvalue weighted by atomic mass is 32.1. The summed E-state index contributed by atoms with van der Waals surface area (Å²) in [6.45, 7) is 2.05. The Hall–Kier alpha value is -3.13. The molecular formula is C18H16N6OS. The SMILES string of the molecule is CCCc1nnsc1C(=O)Nc1ccc(-c2cn3cccnc3n2)cc1. The third kappa shape index (κ3) is 3.18. The number of hydrogen-bond donors (Lipinski definition) is 1. The van der Waals surface area contributed by atoms with Gasteiger partial charge in [0.05, 0.1) is 11.4 Å². The molecular weight excluding hydrogens is 348 g/mol. The number of amides is 1. The molecule has 3 aromatic heterocycles. The van der Waals surface area contributed by atoms with Crippen molar-refractivity contribution in [2.24, 2.45) is 0 Å². The molecule has 0 atom stereocenters. The number of anilines is 1. The van der Waals surface area contributed by atoms with E-state index < -0.39 is 0 Å². The van der Waals surface area contributed by atoms with Crippen LogP contribution in [0.2, 0.25) is 0 Å². The molecule has 26 heavy (non-hydrogen) atoms. The highest BCUT2D eigenvalue weighted by Crippen LogP contribution is 2.22. The van der Waals surface area contributed by atoms with Crippen molar-refractivity contribution in [1.82, 2.24) is 24.0 Å². The quantitative estimate of drug-likeness (QED) is 0.586. The summed E-state index contributed by atoms with van der Waals surface area (Å²) in [7, 11) is 0. The minimum Gasteiger partial charge on any atom is -0.321 e. The van der Waals surface area contributed by atoms with Gasteiger partial charge in [-0.1, -0.05) is 30.0 Å². The lowest BCUT2D eigenvalue weighted by Gasteiger charge is -2.05. The number of hydrogen-bond acceptors (Lipinski definition) is 6. The highest BCUT2D eigenvalue weighted by Gasteiger charge is 2.16. The number of carbonyl (C=O) groups excluding carboxylic acids is 1. The van der Waals surface area contributed by atoms with Gasteiger partial charge in [0.2, 0.25) is 5.78 Å². The van der Waals surface area contributed by atoms with Crippen LogP contribution in [0.25, 0.3) is 17.0 Å². The first-order chi connectivity index (χ1) is 12.7. The second-order valence-electron chi connectivity index (χ2n) is 5.78. The maximum absolute atomic E-state index is 12.4. The van der Waals surface area contributed by atoms with Crippen LogP contribution >= 0.6 is 11.5 Å². The molecule has 3 heterocycles. The summed E-state index contributed by atoms with van der Waals surface area (Å²) in [5.74, 6) is 0.481. The number of nitrogens with one attached hydrogen (secondary N) is 1. The number of fused-ring (bicyclic) bond motifs is 1. The van der Waals surface area contributed by atoms with E-state index in [0.29, 0.717) is 10.7 Å². The average Bonchev–Trinajstić information content (AvgIpc) is 3.29. The third-order valence-electron chi connectivity index (χ3n) is 3.92. The summed E-state index contributed by atoms with van der Waals surface area (Å²) in [6, 6.07) is 9.43. The van der Waals surface area contributed by atoms with Crippen LogP contribution in [0.3, 0.4) is 0 Å². The summed E-state index contributed by atoms with van der Waals surface area (Å²) >= 11 is 1.13. The number of rotatable bonds is 5. The molecule has 130 valence electrons. The van der Waals surface area contributed by atoms with Crippen molar-refractivity contribution in [3.05, 3.63) is 59.5 Å². The van der Waals surface area contributed by atoms with Gasteiger partial charge in [-0.2, -0.15) is 0 Å². The minimum absolute atomic E-state index is 0.173. The first-order valence-corrected chi connectivity index (χ1v) is 9.04. The predicted octanol–water partition coefficient (Wildman–Crippen LogP) is 3.45. The fourth-order valence-electron chi connectivity index (χ4n) is 2.66. The fraction of sp³-hybridized carbons (Fsp3) is 0.167. The molecule has 8 heteroatoms. The molecule has 1 N–H and O–H groups in total. The lowest BCUT2D eigenvalue weighted by molar-refractivity contribution is 0.102. The summed E-state index contributed by atoms with van der Waals surface area (Å²) in [4.78, 5) is 21.7. The topological polar surface area (TPSA) is 85.1 Å². The van der Waals surface area contributed by atoms with Crippen LogP contribution < -0.4 is 5.32 Å². The Morgan fingerprint density at radius 3 is 2.88 bits per heavy atom. The van der Waals surface area contributed by atoms with Crippen LogP contribution in [0.4, 0.5) is 5.69 Å². The maximum atomic E-state index is 12.4. The van der Waals surface area contributed by atoms with Gasteiger partial charge in [0.15, 0.2) is 0 Å². The predicted molar refractivity (Wildman–Crippen MR) is 100 cm³/mol. The van der Waals surface area contributed by atoms with Crippen LogP contribution in [0.1, 0.15) is 28.7 Å². The number of nitrogens with zero attached hydrogens (tertiary/aromatic N) is 5. The van der Waals surface area contributed by atoms with Crippen molar-refractivity contribution in [2.45, 2.75) is 19.8 Å². The van der Waals surface area contributed by atoms with Crippen molar-refractivity contribution in [3.63, 3.8) is 0 Å². The van der Waals surface area contributed by atoms with Crippen LogP contribution in [0.15, 0.2) is 48.9 Å². The molecule has 7 nitrogen and oxygen atoms in total. The van der Waals surface area contributed by atoms with E-state index in [1.54, 1.807) is 6.20 Å². The van der Waals surface area contributed by atoms with E-state index in [9.17, 15) is 4.79 Å². The van der Waals surface area contributed by atoms with Crippen LogP contribution in [-0.4, -0.2) is 29.9 Å².